The molecule has 1 amide bonds. The molecule has 5 nitrogen and oxygen atoms in total. The van der Waals surface area contributed by atoms with E-state index in [4.69, 9.17) is 10.5 Å². The van der Waals surface area contributed by atoms with Gasteiger partial charge in [0.05, 0.1) is 30.0 Å². The van der Waals surface area contributed by atoms with Crippen LogP contribution in [0, 0.1) is 13.8 Å². The zero-order chi connectivity index (χ0) is 14.0. The number of amides is 1. The molecule has 5 heteroatoms. The van der Waals surface area contributed by atoms with Crippen LogP contribution in [0.2, 0.25) is 0 Å². The lowest BCUT2D eigenvalue weighted by Crippen LogP contribution is -2.53. The van der Waals surface area contributed by atoms with Crippen molar-refractivity contribution in [3.05, 3.63) is 29.1 Å². The quantitative estimate of drug-likeness (QED) is 0.860. The normalized spacial score (nSPS) is 23.5. The summed E-state index contributed by atoms with van der Waals surface area (Å²) >= 11 is 0. The van der Waals surface area contributed by atoms with Crippen molar-refractivity contribution in [2.45, 2.75) is 32.9 Å². The molecule has 1 aliphatic heterocycles. The number of aromatic nitrogens is 1. The summed E-state index contributed by atoms with van der Waals surface area (Å²) in [7, 11) is 0. The molecule has 1 aliphatic rings. The van der Waals surface area contributed by atoms with Gasteiger partial charge in [0, 0.05) is 18.8 Å². The third kappa shape index (κ3) is 2.93. The van der Waals surface area contributed by atoms with Gasteiger partial charge in [-0.05, 0) is 32.9 Å². The Morgan fingerprint density at radius 2 is 2.26 bits per heavy atom. The summed E-state index contributed by atoms with van der Waals surface area (Å²) in [5, 5.41) is 0. The van der Waals surface area contributed by atoms with Crippen molar-refractivity contribution < 1.29 is 9.53 Å². The number of hydrogen-bond acceptors (Lipinski definition) is 4. The average molecular weight is 263 g/mol. The molecule has 1 aromatic rings. The van der Waals surface area contributed by atoms with E-state index in [1.807, 2.05) is 37.8 Å². The van der Waals surface area contributed by atoms with Crippen LogP contribution in [0.25, 0.3) is 0 Å². The van der Waals surface area contributed by atoms with Crippen molar-refractivity contribution in [1.82, 2.24) is 9.88 Å². The van der Waals surface area contributed by atoms with Crippen LogP contribution in [-0.2, 0) is 4.74 Å². The van der Waals surface area contributed by atoms with E-state index < -0.39 is 0 Å². The Morgan fingerprint density at radius 3 is 2.89 bits per heavy atom. The molecule has 2 atom stereocenters. The van der Waals surface area contributed by atoms with E-state index >= 15 is 0 Å². The lowest BCUT2D eigenvalue weighted by molar-refractivity contribution is -0.0426. The van der Waals surface area contributed by atoms with Crippen LogP contribution in [0.1, 0.15) is 28.7 Å². The second kappa shape index (κ2) is 5.67. The van der Waals surface area contributed by atoms with E-state index in [-0.39, 0.29) is 18.1 Å². The number of morpholine rings is 1. The topological polar surface area (TPSA) is 68.5 Å². The Bertz CT molecular complexity index is 476. The van der Waals surface area contributed by atoms with Gasteiger partial charge in [-0.3, -0.25) is 9.78 Å². The van der Waals surface area contributed by atoms with Gasteiger partial charge in [0.1, 0.15) is 0 Å². The molecule has 2 heterocycles. The maximum atomic E-state index is 12.6. The fourth-order valence-corrected chi connectivity index (χ4v) is 2.31. The van der Waals surface area contributed by atoms with E-state index in [9.17, 15) is 4.79 Å². The zero-order valence-corrected chi connectivity index (χ0v) is 11.7. The van der Waals surface area contributed by atoms with Crippen molar-refractivity contribution in [2.75, 3.05) is 19.7 Å². The fourth-order valence-electron chi connectivity index (χ4n) is 2.31. The maximum absolute atomic E-state index is 12.6. The van der Waals surface area contributed by atoms with E-state index in [1.165, 1.54) is 0 Å². The Balaban J connectivity index is 2.22. The predicted octanol–water partition coefficient (Wildman–Crippen LogP) is 0.887. The molecule has 2 unspecified atom stereocenters. The van der Waals surface area contributed by atoms with Crippen molar-refractivity contribution in [3.63, 3.8) is 0 Å². The Morgan fingerprint density at radius 1 is 1.53 bits per heavy atom. The van der Waals surface area contributed by atoms with Crippen LogP contribution < -0.4 is 5.73 Å². The number of nitrogens with zero attached hydrogens (tertiary/aromatic N) is 2. The number of ether oxygens (including phenoxy) is 1. The highest BCUT2D eigenvalue weighted by Crippen LogP contribution is 2.17. The molecular weight excluding hydrogens is 242 g/mol. The second-order valence-electron chi connectivity index (χ2n) is 5.08. The molecule has 0 bridgehead atoms. The molecule has 2 N–H and O–H groups in total. The molecule has 1 saturated heterocycles. The van der Waals surface area contributed by atoms with Crippen LogP contribution in [0.5, 0.6) is 0 Å². The molecule has 0 saturated carbocycles. The van der Waals surface area contributed by atoms with Gasteiger partial charge in [0.2, 0.25) is 0 Å². The molecule has 2 rings (SSSR count). The number of carbonyl (C=O) groups excluding carboxylic acids is 1. The van der Waals surface area contributed by atoms with Crippen LogP contribution >= 0.6 is 0 Å². The molecular formula is C14H21N3O2. The molecule has 19 heavy (non-hydrogen) atoms. The summed E-state index contributed by atoms with van der Waals surface area (Å²) in [6.45, 7) is 7.29. The van der Waals surface area contributed by atoms with Crippen LogP contribution in [0.15, 0.2) is 12.1 Å². The van der Waals surface area contributed by atoms with Crippen LogP contribution in [-0.4, -0.2) is 47.6 Å². The molecule has 1 fully saturated rings. The number of aryl methyl sites for hydroxylation is 2. The first-order chi connectivity index (χ1) is 9.02. The third-order valence-corrected chi connectivity index (χ3v) is 3.48. The van der Waals surface area contributed by atoms with Gasteiger partial charge in [-0.1, -0.05) is 0 Å². The first-order valence-corrected chi connectivity index (χ1v) is 6.59. The standard InChI is InChI=1S/C14H21N3O2/c1-9-4-5-13(11(3)16-9)14(18)17-7-12(6-15)19-8-10(17)2/h4-5,10,12H,6-8,15H2,1-3H3. The van der Waals surface area contributed by atoms with Crippen LogP contribution in [0.4, 0.5) is 0 Å². The lowest BCUT2D eigenvalue weighted by atomic mass is 10.1. The maximum Gasteiger partial charge on any atom is 0.256 e. The van der Waals surface area contributed by atoms with Crippen molar-refractivity contribution in [3.8, 4) is 0 Å². The Hall–Kier alpha value is -1.46. The van der Waals surface area contributed by atoms with Crippen molar-refractivity contribution >= 4 is 5.91 Å². The van der Waals surface area contributed by atoms with Gasteiger partial charge in [-0.25, -0.2) is 0 Å². The van der Waals surface area contributed by atoms with E-state index in [1.54, 1.807) is 0 Å². The minimum absolute atomic E-state index is 0.0132. The first-order valence-electron chi connectivity index (χ1n) is 6.59. The average Bonchev–Trinajstić information content (AvgIpc) is 2.38. The van der Waals surface area contributed by atoms with Gasteiger partial charge in [-0.2, -0.15) is 0 Å². The highest BCUT2D eigenvalue weighted by Gasteiger charge is 2.30. The molecule has 0 spiro atoms. The van der Waals surface area contributed by atoms with Gasteiger partial charge < -0.3 is 15.4 Å². The molecule has 0 aromatic carbocycles. The Kier molecular flexibility index (Phi) is 4.17. The second-order valence-corrected chi connectivity index (χ2v) is 5.08. The largest absolute Gasteiger partial charge is 0.373 e. The lowest BCUT2D eigenvalue weighted by Gasteiger charge is -2.37. The zero-order valence-electron chi connectivity index (χ0n) is 11.7. The molecule has 0 radical (unpaired) electrons. The van der Waals surface area contributed by atoms with Gasteiger partial charge in [0.25, 0.3) is 5.91 Å². The van der Waals surface area contributed by atoms with Gasteiger partial charge in [-0.15, -0.1) is 0 Å². The summed E-state index contributed by atoms with van der Waals surface area (Å²) in [6.07, 6.45) is -0.0705. The summed E-state index contributed by atoms with van der Waals surface area (Å²) < 4.78 is 5.57. The highest BCUT2D eigenvalue weighted by atomic mass is 16.5. The van der Waals surface area contributed by atoms with Crippen LogP contribution in [0.3, 0.4) is 0 Å². The monoisotopic (exact) mass is 263 g/mol. The van der Waals surface area contributed by atoms with Gasteiger partial charge >= 0.3 is 0 Å². The number of pyridine rings is 1. The number of nitrogens with two attached hydrogens (primary N) is 1. The number of hydrogen-bond donors (Lipinski definition) is 1. The third-order valence-electron chi connectivity index (χ3n) is 3.48. The van der Waals surface area contributed by atoms with E-state index in [0.717, 1.165) is 11.4 Å². The number of rotatable bonds is 2. The SMILES string of the molecule is Cc1ccc(C(=O)N2CC(CN)OCC2C)c(C)n1. The summed E-state index contributed by atoms with van der Waals surface area (Å²) in [4.78, 5) is 18.8. The Labute approximate surface area is 113 Å². The van der Waals surface area contributed by atoms with Crippen molar-refractivity contribution in [2.24, 2.45) is 5.73 Å². The summed E-state index contributed by atoms with van der Waals surface area (Å²) in [5.41, 5.74) is 7.98. The molecule has 0 aliphatic carbocycles. The smallest absolute Gasteiger partial charge is 0.256 e. The van der Waals surface area contributed by atoms with E-state index in [2.05, 4.69) is 4.98 Å². The molecule has 1 aromatic heterocycles. The molecule has 104 valence electrons. The summed E-state index contributed by atoms with van der Waals surface area (Å²) in [6, 6.07) is 3.78. The number of carbonyl (C=O) groups is 1. The van der Waals surface area contributed by atoms with Gasteiger partial charge in [0.15, 0.2) is 0 Å². The van der Waals surface area contributed by atoms with E-state index in [0.29, 0.717) is 25.3 Å². The minimum atomic E-state index is -0.0705. The van der Waals surface area contributed by atoms with Crippen molar-refractivity contribution in [1.29, 1.82) is 0 Å². The highest BCUT2D eigenvalue weighted by molar-refractivity contribution is 5.95. The minimum Gasteiger partial charge on any atom is -0.373 e. The predicted molar refractivity (Wildman–Crippen MR) is 73.0 cm³/mol. The fraction of sp³-hybridized carbons (Fsp3) is 0.571. The summed E-state index contributed by atoms with van der Waals surface area (Å²) in [5.74, 6) is 0.0132. The first kappa shape index (κ1) is 14.0.